The summed E-state index contributed by atoms with van der Waals surface area (Å²) in [6.07, 6.45) is 4.73. The highest BCUT2D eigenvalue weighted by Gasteiger charge is 2.56. The molecule has 4 rings (SSSR count). The lowest BCUT2D eigenvalue weighted by Crippen LogP contribution is -2.57. The van der Waals surface area contributed by atoms with Crippen molar-refractivity contribution in [1.82, 2.24) is 0 Å². The summed E-state index contributed by atoms with van der Waals surface area (Å²) >= 11 is 0. The molecule has 2 saturated carbocycles. The van der Waals surface area contributed by atoms with Gasteiger partial charge in [0.2, 0.25) is 0 Å². The molecule has 1 aromatic rings. The van der Waals surface area contributed by atoms with Gasteiger partial charge in [-0.2, -0.15) is 0 Å². The van der Waals surface area contributed by atoms with Crippen LogP contribution in [0, 0.1) is 32.8 Å². The number of fused-ring (bicyclic) bond motifs is 3. The van der Waals surface area contributed by atoms with Gasteiger partial charge in [-0.25, -0.2) is 0 Å². The quantitative estimate of drug-likeness (QED) is 0.271. The van der Waals surface area contributed by atoms with Gasteiger partial charge in [0.1, 0.15) is 0 Å². The maximum atomic E-state index is 11.7. The lowest BCUT2D eigenvalue weighted by molar-refractivity contribution is -0.385. The van der Waals surface area contributed by atoms with Crippen LogP contribution < -0.4 is 9.47 Å². The van der Waals surface area contributed by atoms with Gasteiger partial charge >= 0.3 is 5.97 Å². The van der Waals surface area contributed by atoms with E-state index in [1.165, 1.54) is 39.0 Å². The molecule has 1 saturated heterocycles. The van der Waals surface area contributed by atoms with Crippen molar-refractivity contribution < 1.29 is 28.7 Å². The van der Waals surface area contributed by atoms with Gasteiger partial charge in [0.05, 0.1) is 36.4 Å². The molecular weight excluding hydrogens is 414 g/mol. The Morgan fingerprint density at radius 3 is 2.62 bits per heavy atom. The number of esters is 1. The summed E-state index contributed by atoms with van der Waals surface area (Å²) in [4.78, 5) is 22.7. The predicted molar refractivity (Wildman–Crippen MR) is 116 cm³/mol. The number of hydrogen-bond donors (Lipinski definition) is 0. The van der Waals surface area contributed by atoms with Gasteiger partial charge in [-0.05, 0) is 42.4 Å². The maximum absolute atomic E-state index is 11.7. The zero-order valence-corrected chi connectivity index (χ0v) is 19.5. The predicted octanol–water partition coefficient (Wildman–Crippen LogP) is 5.19. The van der Waals surface area contributed by atoms with E-state index in [0.717, 1.165) is 19.3 Å². The monoisotopic (exact) mass is 447 g/mol. The van der Waals surface area contributed by atoms with Crippen LogP contribution in [0.1, 0.15) is 71.7 Å². The van der Waals surface area contributed by atoms with Crippen LogP contribution in [-0.2, 0) is 14.3 Å². The molecule has 0 aromatic heterocycles. The van der Waals surface area contributed by atoms with Crippen LogP contribution in [0.15, 0.2) is 12.1 Å². The maximum Gasteiger partial charge on any atom is 0.308 e. The number of rotatable bonds is 4. The molecule has 0 radical (unpaired) electrons. The van der Waals surface area contributed by atoms with Crippen molar-refractivity contribution in [2.45, 2.75) is 72.2 Å². The van der Waals surface area contributed by atoms with Gasteiger partial charge in [-0.3, -0.25) is 14.9 Å². The van der Waals surface area contributed by atoms with Gasteiger partial charge in [0.25, 0.3) is 5.69 Å². The highest BCUT2D eigenvalue weighted by Crippen LogP contribution is 2.61. The van der Waals surface area contributed by atoms with Crippen molar-refractivity contribution in [3.05, 3.63) is 27.8 Å². The number of carbonyl (C=O) groups excluding carboxylic acids is 1. The summed E-state index contributed by atoms with van der Waals surface area (Å²) < 4.78 is 23.3. The van der Waals surface area contributed by atoms with Gasteiger partial charge in [-0.15, -0.1) is 0 Å². The molecule has 8 nitrogen and oxygen atoms in total. The summed E-state index contributed by atoms with van der Waals surface area (Å²) in [5.74, 6) is 0.527. The molecule has 0 amide bonds. The summed E-state index contributed by atoms with van der Waals surface area (Å²) in [6.45, 7) is 8.91. The van der Waals surface area contributed by atoms with Crippen LogP contribution in [0.5, 0.6) is 11.5 Å². The minimum absolute atomic E-state index is 0.0145. The van der Waals surface area contributed by atoms with Crippen molar-refractivity contribution in [2.75, 3.05) is 13.7 Å². The zero-order valence-electron chi connectivity index (χ0n) is 19.5. The van der Waals surface area contributed by atoms with Gasteiger partial charge in [0.15, 0.2) is 17.8 Å². The number of hydrogen-bond acceptors (Lipinski definition) is 7. The van der Waals surface area contributed by atoms with E-state index in [-0.39, 0.29) is 34.6 Å². The lowest BCUT2D eigenvalue weighted by atomic mass is 9.48. The second-order valence-electron chi connectivity index (χ2n) is 10.3. The third kappa shape index (κ3) is 3.88. The first-order valence-electron chi connectivity index (χ1n) is 11.4. The number of nitrogens with zero attached hydrogens (tertiary/aromatic N) is 1. The summed E-state index contributed by atoms with van der Waals surface area (Å²) in [5, 5.41) is 11.5. The molecule has 0 bridgehead atoms. The number of carbonyl (C=O) groups is 1. The standard InChI is InChI=1S/C24H33NO7/c1-14(26)31-21-16(11-15(25(27)28)12-19(21)29-5)22-30-13-17-18(32-22)7-8-20-23(2,3)9-6-10-24(17,20)4/h11-12,17-18,20,22H,6-10,13H2,1-5H3/t17-,18+,20+,22-,24+/m1/s1. The van der Waals surface area contributed by atoms with E-state index < -0.39 is 17.2 Å². The van der Waals surface area contributed by atoms with E-state index >= 15 is 0 Å². The SMILES string of the molecule is COc1cc([N+](=O)[O-])cc([C@@H]2OC[C@@H]3[C@H](CC[C@H]4C(C)(C)CCC[C@@]34C)O2)c1OC(C)=O. The molecule has 32 heavy (non-hydrogen) atoms. The van der Waals surface area contributed by atoms with E-state index in [1.54, 1.807) is 0 Å². The van der Waals surface area contributed by atoms with Crippen molar-refractivity contribution >= 4 is 11.7 Å². The first-order chi connectivity index (χ1) is 15.1. The Morgan fingerprint density at radius 1 is 1.22 bits per heavy atom. The molecule has 0 spiro atoms. The van der Waals surface area contributed by atoms with Gasteiger partial charge in [0, 0.05) is 18.9 Å². The van der Waals surface area contributed by atoms with E-state index in [9.17, 15) is 14.9 Å². The van der Waals surface area contributed by atoms with Crippen LogP contribution in [0.25, 0.3) is 0 Å². The zero-order chi connectivity index (χ0) is 23.3. The Bertz CT molecular complexity index is 914. The molecule has 1 aromatic carbocycles. The fourth-order valence-electron chi connectivity index (χ4n) is 6.59. The Labute approximate surface area is 188 Å². The van der Waals surface area contributed by atoms with Crippen LogP contribution in [-0.4, -0.2) is 30.7 Å². The number of nitro benzene ring substituents is 1. The van der Waals surface area contributed by atoms with E-state index in [1.807, 2.05) is 0 Å². The molecule has 176 valence electrons. The second-order valence-corrected chi connectivity index (χ2v) is 10.3. The highest BCUT2D eigenvalue weighted by molar-refractivity contribution is 5.72. The number of nitro groups is 1. The largest absolute Gasteiger partial charge is 0.493 e. The minimum atomic E-state index is -0.865. The Balaban J connectivity index is 1.66. The van der Waals surface area contributed by atoms with Crippen molar-refractivity contribution in [3.63, 3.8) is 0 Å². The van der Waals surface area contributed by atoms with Crippen LogP contribution >= 0.6 is 0 Å². The van der Waals surface area contributed by atoms with Gasteiger partial charge in [-0.1, -0.05) is 27.2 Å². The molecule has 5 atom stereocenters. The normalized spacial score (nSPS) is 33.5. The number of non-ortho nitro benzene ring substituents is 1. The first kappa shape index (κ1) is 23.0. The number of methoxy groups -OCH3 is 1. The van der Waals surface area contributed by atoms with Gasteiger partial charge < -0.3 is 18.9 Å². The van der Waals surface area contributed by atoms with Crippen LogP contribution in [0.3, 0.4) is 0 Å². The summed E-state index contributed by atoms with van der Waals surface area (Å²) in [5.41, 5.74) is 0.562. The lowest BCUT2D eigenvalue weighted by Gasteiger charge is -2.60. The molecule has 8 heteroatoms. The summed E-state index contributed by atoms with van der Waals surface area (Å²) in [7, 11) is 1.38. The number of ether oxygens (including phenoxy) is 4. The van der Waals surface area contributed by atoms with E-state index in [0.29, 0.717) is 23.5 Å². The third-order valence-electron chi connectivity index (χ3n) is 8.04. The van der Waals surface area contributed by atoms with Crippen molar-refractivity contribution in [2.24, 2.45) is 22.7 Å². The van der Waals surface area contributed by atoms with E-state index in [4.69, 9.17) is 18.9 Å². The van der Waals surface area contributed by atoms with Crippen molar-refractivity contribution in [1.29, 1.82) is 0 Å². The van der Waals surface area contributed by atoms with Crippen LogP contribution in [0.4, 0.5) is 5.69 Å². The minimum Gasteiger partial charge on any atom is -0.493 e. The smallest absolute Gasteiger partial charge is 0.308 e. The molecule has 0 N–H and O–H groups in total. The fourth-order valence-corrected chi connectivity index (χ4v) is 6.59. The first-order valence-corrected chi connectivity index (χ1v) is 11.4. The molecule has 3 aliphatic rings. The van der Waals surface area contributed by atoms with E-state index in [2.05, 4.69) is 20.8 Å². The topological polar surface area (TPSA) is 97.1 Å². The third-order valence-corrected chi connectivity index (χ3v) is 8.04. The number of benzene rings is 1. The molecule has 1 heterocycles. The highest BCUT2D eigenvalue weighted by atomic mass is 16.7. The molecular formula is C24H33NO7. The van der Waals surface area contributed by atoms with Crippen LogP contribution in [0.2, 0.25) is 0 Å². The van der Waals surface area contributed by atoms with Crippen molar-refractivity contribution in [3.8, 4) is 11.5 Å². The fraction of sp³-hybridized carbons (Fsp3) is 0.708. The summed E-state index contributed by atoms with van der Waals surface area (Å²) in [6, 6.07) is 2.59. The Kier molecular flexibility index (Phi) is 5.96. The molecule has 3 fully saturated rings. The molecule has 2 aliphatic carbocycles. The Morgan fingerprint density at radius 2 is 1.97 bits per heavy atom. The second kappa shape index (κ2) is 8.30. The average molecular weight is 448 g/mol. The molecule has 1 aliphatic heterocycles. The Hall–Kier alpha value is -2.19. The average Bonchev–Trinajstić information content (AvgIpc) is 2.72. The molecule has 0 unspecified atom stereocenters.